The maximum Gasteiger partial charge on any atom is 0.329 e. The predicted molar refractivity (Wildman–Crippen MR) is 95.6 cm³/mol. The zero-order valence-electron chi connectivity index (χ0n) is 15.5. The van der Waals surface area contributed by atoms with Crippen LogP contribution in [0.25, 0.3) is 0 Å². The Hall–Kier alpha value is -2.04. The first kappa shape index (κ1) is 22.0. The van der Waals surface area contributed by atoms with Crippen LogP contribution in [0, 0.1) is 0 Å². The fourth-order valence-electron chi connectivity index (χ4n) is 2.23. The van der Waals surface area contributed by atoms with Gasteiger partial charge in [-0.1, -0.05) is 0 Å². The van der Waals surface area contributed by atoms with E-state index in [1.165, 1.54) is 7.11 Å². The predicted octanol–water partition coefficient (Wildman–Crippen LogP) is -1.53. The highest BCUT2D eigenvalue weighted by Crippen LogP contribution is 1.97. The molecule has 1 aliphatic rings. The van der Waals surface area contributed by atoms with Crippen molar-refractivity contribution in [1.82, 2.24) is 21.0 Å². The summed E-state index contributed by atoms with van der Waals surface area (Å²) < 4.78 is 10.0. The molecule has 0 saturated carbocycles. The number of hydrogen-bond acceptors (Lipinski definition) is 7. The van der Waals surface area contributed by atoms with Gasteiger partial charge in [-0.05, 0) is 19.9 Å². The molecule has 0 radical (unpaired) electrons. The summed E-state index contributed by atoms with van der Waals surface area (Å²) >= 11 is 0. The Bertz CT molecular complexity index is 491. The molecule has 1 saturated heterocycles. The highest BCUT2D eigenvalue weighted by atomic mass is 16.5. The van der Waals surface area contributed by atoms with Crippen molar-refractivity contribution in [2.24, 2.45) is 5.10 Å². The Morgan fingerprint density at radius 2 is 1.85 bits per heavy atom. The summed E-state index contributed by atoms with van der Waals surface area (Å²) in [6.45, 7) is 7.04. The highest BCUT2D eigenvalue weighted by Gasteiger charge is 2.12. The van der Waals surface area contributed by atoms with Gasteiger partial charge in [0.05, 0.1) is 26.2 Å². The van der Waals surface area contributed by atoms with E-state index in [0.717, 1.165) is 39.3 Å². The molecule has 0 unspecified atom stereocenters. The van der Waals surface area contributed by atoms with Crippen molar-refractivity contribution in [2.75, 3.05) is 59.7 Å². The van der Waals surface area contributed by atoms with Gasteiger partial charge < -0.3 is 20.1 Å². The molecule has 10 nitrogen and oxygen atoms in total. The maximum absolute atomic E-state index is 11.8. The summed E-state index contributed by atoms with van der Waals surface area (Å²) in [6.07, 6.45) is 0.920. The minimum Gasteiger partial charge on any atom is -0.383 e. The molecule has 0 aromatic rings. The summed E-state index contributed by atoms with van der Waals surface area (Å²) in [4.78, 5) is 37.0. The molecule has 0 aromatic carbocycles. The molecule has 10 heteroatoms. The average Bonchev–Trinajstić information content (AvgIpc) is 2.64. The van der Waals surface area contributed by atoms with Gasteiger partial charge in [-0.15, -0.1) is 0 Å². The number of hydrogen-bond donors (Lipinski definition) is 3. The Kier molecular flexibility index (Phi) is 11.2. The Morgan fingerprint density at radius 3 is 2.54 bits per heavy atom. The highest BCUT2D eigenvalue weighted by molar-refractivity contribution is 6.35. The first-order valence-electron chi connectivity index (χ1n) is 8.70. The lowest BCUT2D eigenvalue weighted by Crippen LogP contribution is -2.39. The molecule has 1 fully saturated rings. The van der Waals surface area contributed by atoms with Crippen LogP contribution in [0.4, 0.5) is 0 Å². The number of ether oxygens (including phenoxy) is 2. The number of carbonyl (C=O) groups is 3. The molecule has 1 heterocycles. The third-order valence-electron chi connectivity index (χ3n) is 3.64. The van der Waals surface area contributed by atoms with E-state index in [1.807, 2.05) is 0 Å². The van der Waals surface area contributed by atoms with Gasteiger partial charge in [-0.25, -0.2) is 5.43 Å². The molecule has 26 heavy (non-hydrogen) atoms. The number of methoxy groups -OCH3 is 1. The van der Waals surface area contributed by atoms with Crippen LogP contribution < -0.4 is 16.1 Å². The maximum atomic E-state index is 11.8. The molecule has 0 aliphatic carbocycles. The van der Waals surface area contributed by atoms with Crippen LogP contribution in [-0.4, -0.2) is 88.0 Å². The molecule has 0 aromatic heterocycles. The van der Waals surface area contributed by atoms with E-state index < -0.39 is 11.8 Å². The molecule has 0 atom stereocenters. The first-order chi connectivity index (χ1) is 12.5. The SMILES string of the molecule is COCCNC(=O)C(=O)N/N=C(/C)CC(=O)NCCCN1CCOCC1. The standard InChI is InChI=1S/C16H29N5O5/c1-13(19-20-16(24)15(23)18-5-9-25-2)12-14(22)17-4-3-6-21-7-10-26-11-8-21/h3-12H2,1-2H3,(H,17,22)(H,18,23)(H,20,24)/b19-13-. The van der Waals surface area contributed by atoms with E-state index >= 15 is 0 Å². The third-order valence-corrected chi connectivity index (χ3v) is 3.64. The molecule has 148 valence electrons. The van der Waals surface area contributed by atoms with Crippen LogP contribution in [0.2, 0.25) is 0 Å². The fourth-order valence-corrected chi connectivity index (χ4v) is 2.23. The lowest BCUT2D eigenvalue weighted by molar-refractivity contribution is -0.139. The van der Waals surface area contributed by atoms with E-state index in [0.29, 0.717) is 18.9 Å². The van der Waals surface area contributed by atoms with E-state index in [4.69, 9.17) is 9.47 Å². The van der Waals surface area contributed by atoms with Crippen molar-refractivity contribution >= 4 is 23.4 Å². The number of rotatable bonds is 10. The minimum atomic E-state index is -0.883. The largest absolute Gasteiger partial charge is 0.383 e. The Labute approximate surface area is 153 Å². The number of carbonyl (C=O) groups excluding carboxylic acids is 3. The average molecular weight is 371 g/mol. The fraction of sp³-hybridized carbons (Fsp3) is 0.750. The minimum absolute atomic E-state index is 0.0587. The van der Waals surface area contributed by atoms with Crippen LogP contribution >= 0.6 is 0 Å². The molecule has 0 spiro atoms. The van der Waals surface area contributed by atoms with E-state index in [9.17, 15) is 14.4 Å². The van der Waals surface area contributed by atoms with E-state index in [2.05, 4.69) is 26.1 Å². The van der Waals surface area contributed by atoms with Crippen molar-refractivity contribution < 1.29 is 23.9 Å². The van der Waals surface area contributed by atoms with Gasteiger partial charge in [-0.3, -0.25) is 19.3 Å². The molecule has 3 amide bonds. The molecule has 1 rings (SSSR count). The summed E-state index contributed by atoms with van der Waals surface area (Å²) in [6, 6.07) is 0. The van der Waals surface area contributed by atoms with Gasteiger partial charge in [0.2, 0.25) is 5.91 Å². The second-order valence-corrected chi connectivity index (χ2v) is 5.87. The van der Waals surface area contributed by atoms with Crippen LogP contribution in [0.1, 0.15) is 19.8 Å². The monoisotopic (exact) mass is 371 g/mol. The van der Waals surface area contributed by atoms with Crippen molar-refractivity contribution in [1.29, 1.82) is 0 Å². The Balaban J connectivity index is 2.14. The zero-order chi connectivity index (χ0) is 19.2. The lowest BCUT2D eigenvalue weighted by atomic mass is 10.3. The molecular formula is C16H29N5O5. The first-order valence-corrected chi connectivity index (χ1v) is 8.70. The van der Waals surface area contributed by atoms with Gasteiger partial charge in [-0.2, -0.15) is 5.10 Å². The van der Waals surface area contributed by atoms with Gasteiger partial charge in [0.25, 0.3) is 0 Å². The topological polar surface area (TPSA) is 121 Å². The van der Waals surface area contributed by atoms with Crippen molar-refractivity contribution in [3.05, 3.63) is 0 Å². The summed E-state index contributed by atoms with van der Waals surface area (Å²) in [5, 5.41) is 8.94. The van der Waals surface area contributed by atoms with Crippen LogP contribution in [0.5, 0.6) is 0 Å². The second-order valence-electron chi connectivity index (χ2n) is 5.87. The number of hydrazone groups is 1. The molecular weight excluding hydrogens is 342 g/mol. The lowest BCUT2D eigenvalue weighted by Gasteiger charge is -2.26. The van der Waals surface area contributed by atoms with E-state index in [-0.39, 0.29) is 18.9 Å². The third kappa shape index (κ3) is 10.1. The van der Waals surface area contributed by atoms with Gasteiger partial charge >= 0.3 is 11.8 Å². The Morgan fingerprint density at radius 1 is 1.12 bits per heavy atom. The van der Waals surface area contributed by atoms with Crippen LogP contribution in [0.15, 0.2) is 5.10 Å². The van der Waals surface area contributed by atoms with Crippen molar-refractivity contribution in [3.8, 4) is 0 Å². The summed E-state index contributed by atoms with van der Waals surface area (Å²) in [5.74, 6) is -1.86. The number of amides is 3. The van der Waals surface area contributed by atoms with Gasteiger partial charge in [0, 0.05) is 39.0 Å². The van der Waals surface area contributed by atoms with Gasteiger partial charge in [0.1, 0.15) is 0 Å². The molecule has 1 aliphatic heterocycles. The quantitative estimate of drug-likeness (QED) is 0.185. The normalized spacial score (nSPS) is 15.4. The van der Waals surface area contributed by atoms with Gasteiger partial charge in [0.15, 0.2) is 0 Å². The number of morpholine rings is 1. The molecule has 0 bridgehead atoms. The van der Waals surface area contributed by atoms with Crippen molar-refractivity contribution in [3.63, 3.8) is 0 Å². The summed E-state index contributed by atoms with van der Waals surface area (Å²) in [5.41, 5.74) is 2.53. The van der Waals surface area contributed by atoms with Crippen molar-refractivity contribution in [2.45, 2.75) is 19.8 Å². The van der Waals surface area contributed by atoms with Crippen LogP contribution in [0.3, 0.4) is 0 Å². The van der Waals surface area contributed by atoms with Crippen LogP contribution in [-0.2, 0) is 23.9 Å². The number of nitrogens with one attached hydrogen (secondary N) is 3. The zero-order valence-corrected chi connectivity index (χ0v) is 15.5. The summed E-state index contributed by atoms with van der Waals surface area (Å²) in [7, 11) is 1.49. The number of nitrogens with zero attached hydrogens (tertiary/aromatic N) is 2. The second kappa shape index (κ2) is 13.2. The smallest absolute Gasteiger partial charge is 0.329 e. The van der Waals surface area contributed by atoms with E-state index in [1.54, 1.807) is 6.92 Å². The molecule has 3 N–H and O–H groups in total.